The molecule has 1 aromatic carbocycles. The predicted molar refractivity (Wildman–Crippen MR) is 83.1 cm³/mol. The van der Waals surface area contributed by atoms with Gasteiger partial charge < -0.3 is 5.73 Å². The van der Waals surface area contributed by atoms with Crippen LogP contribution in [0.3, 0.4) is 0 Å². The van der Waals surface area contributed by atoms with Crippen molar-refractivity contribution in [2.24, 2.45) is 5.73 Å². The van der Waals surface area contributed by atoms with E-state index in [1.807, 2.05) is 6.07 Å². The molecule has 1 fully saturated rings. The van der Waals surface area contributed by atoms with Crippen LogP contribution in [0.1, 0.15) is 59.1 Å². The van der Waals surface area contributed by atoms with Crippen molar-refractivity contribution in [3.05, 3.63) is 35.9 Å². The standard InChI is InChI=1S/C17H28N2O/c1-13(14-9-7-6-8-10-14)20-19-16(2,3)11-15(18)12-17(19,4)5/h6-10,13,15H,11-12,18H2,1-5H3. The second kappa shape index (κ2) is 5.47. The lowest BCUT2D eigenvalue weighted by atomic mass is 9.79. The molecular formula is C17H28N2O. The van der Waals surface area contributed by atoms with Crippen LogP contribution in [0.25, 0.3) is 0 Å². The van der Waals surface area contributed by atoms with E-state index in [1.165, 1.54) is 5.56 Å². The summed E-state index contributed by atoms with van der Waals surface area (Å²) in [5.41, 5.74) is 7.31. The Morgan fingerprint density at radius 2 is 1.60 bits per heavy atom. The minimum absolute atomic E-state index is 0.0454. The first-order valence-electron chi connectivity index (χ1n) is 7.50. The number of nitrogens with two attached hydrogens (primary N) is 1. The van der Waals surface area contributed by atoms with E-state index in [9.17, 15) is 0 Å². The average molecular weight is 276 g/mol. The van der Waals surface area contributed by atoms with Crippen molar-refractivity contribution in [1.29, 1.82) is 0 Å². The van der Waals surface area contributed by atoms with Gasteiger partial charge in [0, 0.05) is 17.1 Å². The average Bonchev–Trinajstić information content (AvgIpc) is 2.33. The Labute approximate surface area is 123 Å². The van der Waals surface area contributed by atoms with E-state index in [0.29, 0.717) is 0 Å². The first kappa shape index (κ1) is 15.5. The van der Waals surface area contributed by atoms with Crippen LogP contribution in [0.2, 0.25) is 0 Å². The van der Waals surface area contributed by atoms with Crippen molar-refractivity contribution < 1.29 is 4.84 Å². The van der Waals surface area contributed by atoms with Crippen LogP contribution in [-0.4, -0.2) is 22.2 Å². The third-order valence-corrected chi connectivity index (χ3v) is 4.16. The Morgan fingerprint density at radius 1 is 1.10 bits per heavy atom. The molecule has 2 rings (SSSR count). The maximum atomic E-state index is 6.33. The van der Waals surface area contributed by atoms with Crippen molar-refractivity contribution in [3.63, 3.8) is 0 Å². The number of piperidine rings is 1. The van der Waals surface area contributed by atoms with Gasteiger partial charge in [-0.25, -0.2) is 0 Å². The fourth-order valence-electron chi connectivity index (χ4n) is 3.57. The van der Waals surface area contributed by atoms with E-state index >= 15 is 0 Å². The number of hydrogen-bond donors (Lipinski definition) is 1. The van der Waals surface area contributed by atoms with Gasteiger partial charge in [-0.15, -0.1) is 0 Å². The van der Waals surface area contributed by atoms with Gasteiger partial charge in [-0.2, -0.15) is 5.06 Å². The van der Waals surface area contributed by atoms with Crippen LogP contribution in [0, 0.1) is 0 Å². The highest BCUT2D eigenvalue weighted by atomic mass is 16.7. The summed E-state index contributed by atoms with van der Waals surface area (Å²) in [5, 5.41) is 2.17. The Kier molecular flexibility index (Phi) is 4.24. The molecule has 20 heavy (non-hydrogen) atoms. The highest BCUT2D eigenvalue weighted by Gasteiger charge is 2.46. The first-order chi connectivity index (χ1) is 9.22. The van der Waals surface area contributed by atoms with Crippen LogP contribution < -0.4 is 5.73 Å². The lowest BCUT2D eigenvalue weighted by Gasteiger charge is -2.54. The predicted octanol–water partition coefficient (Wildman–Crippen LogP) is 3.66. The third-order valence-electron chi connectivity index (χ3n) is 4.16. The van der Waals surface area contributed by atoms with Gasteiger partial charge in [-0.3, -0.25) is 4.84 Å². The minimum Gasteiger partial charge on any atom is -0.328 e. The molecule has 1 heterocycles. The van der Waals surface area contributed by atoms with Gasteiger partial charge in [0.05, 0.1) is 0 Å². The minimum atomic E-state index is -0.0514. The molecule has 0 spiro atoms. The summed E-state index contributed by atoms with van der Waals surface area (Å²) < 4.78 is 0. The molecule has 1 aromatic rings. The fourth-order valence-corrected chi connectivity index (χ4v) is 3.57. The molecular weight excluding hydrogens is 248 g/mol. The van der Waals surface area contributed by atoms with Crippen molar-refractivity contribution in [2.45, 2.75) is 70.7 Å². The monoisotopic (exact) mass is 276 g/mol. The number of rotatable bonds is 3. The number of nitrogens with zero attached hydrogens (tertiary/aromatic N) is 1. The highest BCUT2D eigenvalue weighted by molar-refractivity contribution is 5.16. The Hall–Kier alpha value is -0.900. The highest BCUT2D eigenvalue weighted by Crippen LogP contribution is 2.39. The smallest absolute Gasteiger partial charge is 0.102 e. The van der Waals surface area contributed by atoms with E-state index < -0.39 is 0 Å². The van der Waals surface area contributed by atoms with Crippen molar-refractivity contribution >= 4 is 0 Å². The molecule has 3 heteroatoms. The van der Waals surface area contributed by atoms with E-state index in [4.69, 9.17) is 10.6 Å². The van der Waals surface area contributed by atoms with Gasteiger partial charge in [0.15, 0.2) is 0 Å². The van der Waals surface area contributed by atoms with Crippen molar-refractivity contribution in [3.8, 4) is 0 Å². The largest absolute Gasteiger partial charge is 0.328 e. The SMILES string of the molecule is CC(ON1C(C)(C)CC(N)CC1(C)C)c1ccccc1. The molecule has 1 aliphatic heterocycles. The third kappa shape index (κ3) is 3.22. The van der Waals surface area contributed by atoms with Gasteiger partial charge in [-0.1, -0.05) is 30.3 Å². The maximum Gasteiger partial charge on any atom is 0.102 e. The lowest BCUT2D eigenvalue weighted by molar-refractivity contribution is -0.305. The van der Waals surface area contributed by atoms with Crippen molar-refractivity contribution in [2.75, 3.05) is 0 Å². The molecule has 0 aromatic heterocycles. The van der Waals surface area contributed by atoms with E-state index in [1.54, 1.807) is 0 Å². The Balaban J connectivity index is 2.18. The van der Waals surface area contributed by atoms with Gasteiger partial charge in [0.2, 0.25) is 0 Å². The number of hydrogen-bond acceptors (Lipinski definition) is 3. The van der Waals surface area contributed by atoms with Gasteiger partial charge >= 0.3 is 0 Å². The van der Waals surface area contributed by atoms with Crippen LogP contribution in [-0.2, 0) is 4.84 Å². The molecule has 0 bridgehead atoms. The summed E-state index contributed by atoms with van der Waals surface area (Å²) in [6.45, 7) is 11.0. The van der Waals surface area contributed by atoms with Gasteiger partial charge in [0.25, 0.3) is 0 Å². The zero-order chi connectivity index (χ0) is 15.0. The molecule has 0 amide bonds. The van der Waals surface area contributed by atoms with E-state index in [-0.39, 0.29) is 23.2 Å². The molecule has 1 aliphatic rings. The molecule has 0 saturated carbocycles. The molecule has 3 nitrogen and oxygen atoms in total. The fraction of sp³-hybridized carbons (Fsp3) is 0.647. The second-order valence-corrected chi connectivity index (χ2v) is 7.25. The summed E-state index contributed by atoms with van der Waals surface area (Å²) in [5.74, 6) is 0. The van der Waals surface area contributed by atoms with Gasteiger partial charge in [0.1, 0.15) is 6.10 Å². The molecule has 1 atom stereocenters. The van der Waals surface area contributed by atoms with Crippen molar-refractivity contribution in [1.82, 2.24) is 5.06 Å². The molecule has 1 saturated heterocycles. The number of benzene rings is 1. The summed E-state index contributed by atoms with van der Waals surface area (Å²) in [4.78, 5) is 6.33. The summed E-state index contributed by atoms with van der Waals surface area (Å²) in [6.07, 6.45) is 1.96. The molecule has 2 N–H and O–H groups in total. The Morgan fingerprint density at radius 3 is 2.10 bits per heavy atom. The Bertz CT molecular complexity index is 424. The maximum absolute atomic E-state index is 6.33. The van der Waals surface area contributed by atoms with Crippen LogP contribution in [0.4, 0.5) is 0 Å². The first-order valence-corrected chi connectivity index (χ1v) is 7.50. The lowest BCUT2D eigenvalue weighted by Crippen LogP contribution is -2.63. The normalized spacial score (nSPS) is 24.5. The molecule has 112 valence electrons. The molecule has 0 radical (unpaired) electrons. The summed E-state index contributed by atoms with van der Waals surface area (Å²) in [7, 11) is 0. The molecule has 0 aliphatic carbocycles. The van der Waals surface area contributed by atoms with E-state index in [2.05, 4.69) is 63.9 Å². The quantitative estimate of drug-likeness (QED) is 0.915. The second-order valence-electron chi connectivity index (χ2n) is 7.25. The van der Waals surface area contributed by atoms with E-state index in [0.717, 1.165) is 12.8 Å². The topological polar surface area (TPSA) is 38.5 Å². The number of hydroxylamine groups is 2. The summed E-state index contributed by atoms with van der Waals surface area (Å²) in [6, 6.07) is 10.6. The van der Waals surface area contributed by atoms with Crippen LogP contribution >= 0.6 is 0 Å². The zero-order valence-electron chi connectivity index (χ0n) is 13.4. The van der Waals surface area contributed by atoms with Crippen LogP contribution in [0.5, 0.6) is 0 Å². The van der Waals surface area contributed by atoms with Gasteiger partial charge in [-0.05, 0) is 53.0 Å². The molecule has 1 unspecified atom stereocenters. The van der Waals surface area contributed by atoms with Crippen LogP contribution in [0.15, 0.2) is 30.3 Å². The summed E-state index contributed by atoms with van der Waals surface area (Å²) >= 11 is 0. The zero-order valence-corrected chi connectivity index (χ0v) is 13.4.